The third kappa shape index (κ3) is 6.37. The number of thiazole rings is 1. The zero-order valence-electron chi connectivity index (χ0n) is 23.2. The van der Waals surface area contributed by atoms with Crippen LogP contribution in [0, 0.1) is 12.7 Å². The number of benzene rings is 2. The van der Waals surface area contributed by atoms with Crippen molar-refractivity contribution in [3.05, 3.63) is 94.2 Å². The minimum atomic E-state index is -4.39. The van der Waals surface area contributed by atoms with Crippen LogP contribution in [0.4, 0.5) is 10.2 Å². The van der Waals surface area contributed by atoms with Crippen molar-refractivity contribution in [1.29, 1.82) is 0 Å². The standard InChI is InChI=1S/C30H33FN4O4S2/c1-21-27(39-26-13-15-34(16-14-26)22(2)24-7-5-4-6-8-24)17-32-30(29(21)31)41(36,37)35(28-19-40-20-33-28)18-23-9-11-25(38-3)12-10-23/h4-12,17,19-20,22,26H,13-16,18H2,1-3H3/t22-/m1/s1. The molecule has 0 bridgehead atoms. The number of aromatic nitrogens is 2. The molecule has 1 aliphatic heterocycles. The predicted octanol–water partition coefficient (Wildman–Crippen LogP) is 5.99. The van der Waals surface area contributed by atoms with Crippen LogP contribution in [0.2, 0.25) is 0 Å². The van der Waals surface area contributed by atoms with Gasteiger partial charge in [-0.2, -0.15) is 8.42 Å². The van der Waals surface area contributed by atoms with Crippen LogP contribution in [0.3, 0.4) is 0 Å². The second-order valence-corrected chi connectivity index (χ2v) is 12.5. The zero-order chi connectivity index (χ0) is 29.0. The average Bonchev–Trinajstić information content (AvgIpc) is 3.53. The number of methoxy groups -OCH3 is 1. The summed E-state index contributed by atoms with van der Waals surface area (Å²) in [5, 5.41) is 0.948. The van der Waals surface area contributed by atoms with Gasteiger partial charge in [-0.1, -0.05) is 42.5 Å². The van der Waals surface area contributed by atoms with Crippen molar-refractivity contribution in [2.24, 2.45) is 0 Å². The Kier molecular flexibility index (Phi) is 8.86. The molecule has 0 unspecified atom stereocenters. The molecular weight excluding hydrogens is 563 g/mol. The van der Waals surface area contributed by atoms with Gasteiger partial charge in [-0.3, -0.25) is 4.90 Å². The summed E-state index contributed by atoms with van der Waals surface area (Å²) in [4.78, 5) is 10.7. The van der Waals surface area contributed by atoms with Crippen LogP contribution >= 0.6 is 11.3 Å². The van der Waals surface area contributed by atoms with E-state index in [0.717, 1.165) is 30.2 Å². The average molecular weight is 597 g/mol. The molecule has 0 N–H and O–H groups in total. The van der Waals surface area contributed by atoms with E-state index in [9.17, 15) is 8.42 Å². The highest BCUT2D eigenvalue weighted by Crippen LogP contribution is 2.32. The molecule has 1 fully saturated rings. The van der Waals surface area contributed by atoms with Gasteiger partial charge in [0.15, 0.2) is 11.6 Å². The maximum absolute atomic E-state index is 15.7. The lowest BCUT2D eigenvalue weighted by molar-refractivity contribution is 0.0786. The van der Waals surface area contributed by atoms with E-state index in [2.05, 4.69) is 33.9 Å². The zero-order valence-corrected chi connectivity index (χ0v) is 24.9. The number of halogens is 1. The van der Waals surface area contributed by atoms with Gasteiger partial charge in [0.1, 0.15) is 17.6 Å². The molecule has 5 rings (SSSR count). The van der Waals surface area contributed by atoms with Crippen molar-refractivity contribution in [3.8, 4) is 11.5 Å². The number of likely N-dealkylation sites (tertiary alicyclic amines) is 1. The highest BCUT2D eigenvalue weighted by Gasteiger charge is 2.33. The van der Waals surface area contributed by atoms with E-state index < -0.39 is 20.9 Å². The van der Waals surface area contributed by atoms with Crippen LogP contribution in [-0.4, -0.2) is 49.6 Å². The second-order valence-electron chi connectivity index (χ2n) is 10.0. The van der Waals surface area contributed by atoms with Crippen LogP contribution in [0.25, 0.3) is 0 Å². The molecule has 216 valence electrons. The summed E-state index contributed by atoms with van der Waals surface area (Å²) in [7, 11) is -2.83. The fourth-order valence-corrected chi connectivity index (χ4v) is 7.01. The molecule has 8 nitrogen and oxygen atoms in total. The van der Waals surface area contributed by atoms with Crippen LogP contribution in [-0.2, 0) is 16.6 Å². The molecule has 1 aliphatic rings. The third-order valence-corrected chi connectivity index (χ3v) is 9.72. The molecular formula is C30H33FN4O4S2. The number of ether oxygens (including phenoxy) is 2. The first-order valence-electron chi connectivity index (χ1n) is 13.4. The molecule has 0 radical (unpaired) electrons. The Morgan fingerprint density at radius 2 is 1.80 bits per heavy atom. The predicted molar refractivity (Wildman–Crippen MR) is 157 cm³/mol. The molecule has 3 heterocycles. The normalized spacial score (nSPS) is 15.4. The van der Waals surface area contributed by atoms with Crippen molar-refractivity contribution in [3.63, 3.8) is 0 Å². The molecule has 2 aromatic heterocycles. The summed E-state index contributed by atoms with van der Waals surface area (Å²) in [6, 6.07) is 17.7. The number of piperidine rings is 1. The van der Waals surface area contributed by atoms with Gasteiger partial charge in [-0.15, -0.1) is 11.3 Å². The maximum atomic E-state index is 15.7. The maximum Gasteiger partial charge on any atom is 0.286 e. The van der Waals surface area contributed by atoms with Crippen molar-refractivity contribution >= 4 is 27.2 Å². The van der Waals surface area contributed by atoms with E-state index in [0.29, 0.717) is 17.4 Å². The van der Waals surface area contributed by atoms with E-state index >= 15 is 4.39 Å². The first-order valence-corrected chi connectivity index (χ1v) is 15.8. The Hall–Kier alpha value is -3.54. The molecule has 11 heteroatoms. The van der Waals surface area contributed by atoms with Crippen molar-refractivity contribution in [1.82, 2.24) is 14.9 Å². The smallest absolute Gasteiger partial charge is 0.286 e. The second kappa shape index (κ2) is 12.5. The molecule has 1 atom stereocenters. The number of nitrogens with zero attached hydrogens (tertiary/aromatic N) is 4. The first-order chi connectivity index (χ1) is 19.8. The molecule has 1 saturated heterocycles. The lowest BCUT2D eigenvalue weighted by Crippen LogP contribution is -2.39. The molecule has 2 aromatic carbocycles. The monoisotopic (exact) mass is 596 g/mol. The van der Waals surface area contributed by atoms with Crippen LogP contribution < -0.4 is 13.8 Å². The van der Waals surface area contributed by atoms with E-state index in [1.165, 1.54) is 35.5 Å². The SMILES string of the molecule is COc1ccc(CN(c2cscn2)S(=O)(=O)c2ncc(OC3CCN([C@H](C)c4ccccc4)CC3)c(C)c2F)cc1. The summed E-state index contributed by atoms with van der Waals surface area (Å²) < 4.78 is 55.7. The molecule has 0 saturated carbocycles. The summed E-state index contributed by atoms with van der Waals surface area (Å²) in [5.41, 5.74) is 3.60. The number of hydrogen-bond donors (Lipinski definition) is 0. The van der Waals surface area contributed by atoms with Gasteiger partial charge >= 0.3 is 0 Å². The Bertz CT molecular complexity index is 1540. The van der Waals surface area contributed by atoms with Gasteiger partial charge in [-0.25, -0.2) is 18.7 Å². The molecule has 0 amide bonds. The van der Waals surface area contributed by atoms with Crippen molar-refractivity contribution < 1.29 is 22.3 Å². The number of anilines is 1. The lowest BCUT2D eigenvalue weighted by atomic mass is 10.0. The van der Waals surface area contributed by atoms with Gasteiger partial charge in [0.25, 0.3) is 10.0 Å². The minimum absolute atomic E-state index is 0.0472. The molecule has 0 aliphatic carbocycles. The first kappa shape index (κ1) is 29.0. The van der Waals surface area contributed by atoms with Gasteiger partial charge in [0.05, 0.1) is 25.4 Å². The Morgan fingerprint density at radius 1 is 1.10 bits per heavy atom. The number of sulfonamides is 1. The molecule has 4 aromatic rings. The number of hydrogen-bond acceptors (Lipinski definition) is 8. The van der Waals surface area contributed by atoms with Crippen molar-refractivity contribution in [2.45, 2.75) is 50.4 Å². The Balaban J connectivity index is 1.31. The van der Waals surface area contributed by atoms with Crippen molar-refractivity contribution in [2.75, 3.05) is 24.5 Å². The van der Waals surface area contributed by atoms with Crippen LogP contribution in [0.5, 0.6) is 11.5 Å². The Morgan fingerprint density at radius 3 is 2.44 bits per heavy atom. The Labute approximate surface area is 244 Å². The molecule has 41 heavy (non-hydrogen) atoms. The largest absolute Gasteiger partial charge is 0.497 e. The summed E-state index contributed by atoms with van der Waals surface area (Å²) in [5.74, 6) is 0.174. The van der Waals surface area contributed by atoms with E-state index in [1.54, 1.807) is 36.8 Å². The van der Waals surface area contributed by atoms with Gasteiger partial charge in [0.2, 0.25) is 5.03 Å². The molecule has 0 spiro atoms. The summed E-state index contributed by atoms with van der Waals surface area (Å²) in [6.45, 7) is 5.36. The van der Waals surface area contributed by atoms with Gasteiger partial charge < -0.3 is 9.47 Å². The summed E-state index contributed by atoms with van der Waals surface area (Å²) >= 11 is 1.25. The van der Waals surface area contributed by atoms with E-state index in [4.69, 9.17) is 9.47 Å². The van der Waals surface area contributed by atoms with Gasteiger partial charge in [0, 0.05) is 30.1 Å². The number of rotatable bonds is 10. The quantitative estimate of drug-likeness (QED) is 0.222. The van der Waals surface area contributed by atoms with E-state index in [-0.39, 0.29) is 29.8 Å². The van der Waals surface area contributed by atoms with Crippen LogP contribution in [0.15, 0.2) is 76.7 Å². The fraction of sp³-hybridized carbons (Fsp3) is 0.333. The lowest BCUT2D eigenvalue weighted by Gasteiger charge is -2.36. The highest BCUT2D eigenvalue weighted by molar-refractivity contribution is 7.92. The highest BCUT2D eigenvalue weighted by atomic mass is 32.2. The van der Waals surface area contributed by atoms with E-state index in [1.807, 2.05) is 18.2 Å². The third-order valence-electron chi connectivity index (χ3n) is 7.48. The van der Waals surface area contributed by atoms with Crippen LogP contribution in [0.1, 0.15) is 42.5 Å². The van der Waals surface area contributed by atoms with Gasteiger partial charge in [-0.05, 0) is 49.9 Å². The summed E-state index contributed by atoms with van der Waals surface area (Å²) in [6.07, 6.45) is 2.75. The number of pyridine rings is 1. The topological polar surface area (TPSA) is 84.9 Å². The fourth-order valence-electron chi connectivity index (χ4n) is 4.96. The minimum Gasteiger partial charge on any atom is -0.497 e.